The van der Waals surface area contributed by atoms with Gasteiger partial charge in [0.1, 0.15) is 0 Å². The van der Waals surface area contributed by atoms with Crippen molar-refractivity contribution in [3.05, 3.63) is 57.6 Å². The molecule has 0 aromatic heterocycles. The van der Waals surface area contributed by atoms with Gasteiger partial charge in [-0.3, -0.25) is 0 Å². The largest absolute Gasteiger partial charge is 0.0837 e. The van der Waals surface area contributed by atoms with E-state index < -0.39 is 0 Å². The molecule has 0 bridgehead atoms. The van der Waals surface area contributed by atoms with Crippen LogP contribution in [0.4, 0.5) is 0 Å². The van der Waals surface area contributed by atoms with Crippen LogP contribution in [-0.4, -0.2) is 0 Å². The lowest BCUT2D eigenvalue weighted by molar-refractivity contribution is 0.589. The third-order valence-electron chi connectivity index (χ3n) is 3.95. The third-order valence-corrected chi connectivity index (χ3v) is 4.61. The Morgan fingerprint density at radius 2 is 0.909 bits per heavy atom. The molecule has 0 N–H and O–H groups in total. The predicted octanol–water partition coefficient (Wildman–Crippen LogP) is 7.26. The lowest BCUT2D eigenvalue weighted by Crippen LogP contribution is -2.12. The highest BCUT2D eigenvalue weighted by atomic mass is 35.5. The zero-order chi connectivity index (χ0) is 16.7. The molecule has 0 atom stereocenters. The number of rotatable bonds is 1. The molecule has 0 saturated carbocycles. The fourth-order valence-corrected chi connectivity index (χ4v) is 2.84. The van der Waals surface area contributed by atoms with Crippen molar-refractivity contribution < 1.29 is 0 Å². The van der Waals surface area contributed by atoms with Gasteiger partial charge in [-0.2, -0.15) is 0 Å². The van der Waals surface area contributed by atoms with Crippen molar-refractivity contribution in [3.8, 4) is 11.1 Å². The van der Waals surface area contributed by atoms with Crippen LogP contribution in [0.1, 0.15) is 52.7 Å². The average Bonchev–Trinajstić information content (AvgIpc) is 2.37. The van der Waals surface area contributed by atoms with Crippen LogP contribution in [0, 0.1) is 0 Å². The van der Waals surface area contributed by atoms with Gasteiger partial charge in [0.25, 0.3) is 0 Å². The fourth-order valence-electron chi connectivity index (χ4n) is 2.40. The Balaban J connectivity index is 2.66. The normalized spacial score (nSPS) is 12.5. The van der Waals surface area contributed by atoms with Crippen LogP contribution in [0.3, 0.4) is 0 Å². The van der Waals surface area contributed by atoms with E-state index in [1.54, 1.807) is 0 Å². The molecule has 0 heterocycles. The molecule has 0 spiro atoms. The summed E-state index contributed by atoms with van der Waals surface area (Å²) in [6.07, 6.45) is 0. The van der Waals surface area contributed by atoms with Gasteiger partial charge < -0.3 is 0 Å². The molecule has 0 radical (unpaired) electrons. The Labute approximate surface area is 144 Å². The van der Waals surface area contributed by atoms with E-state index in [1.807, 2.05) is 12.1 Å². The molecule has 2 aromatic carbocycles. The molecular formula is C20H24Cl2. The second kappa shape index (κ2) is 5.91. The van der Waals surface area contributed by atoms with Crippen molar-refractivity contribution in [2.24, 2.45) is 0 Å². The summed E-state index contributed by atoms with van der Waals surface area (Å²) in [6, 6.07) is 12.4. The van der Waals surface area contributed by atoms with Gasteiger partial charge in [-0.1, -0.05) is 76.9 Å². The number of halogens is 2. The van der Waals surface area contributed by atoms with Crippen LogP contribution >= 0.6 is 23.2 Å². The van der Waals surface area contributed by atoms with E-state index in [0.717, 1.165) is 21.2 Å². The van der Waals surface area contributed by atoms with Crippen molar-refractivity contribution in [2.75, 3.05) is 0 Å². The summed E-state index contributed by atoms with van der Waals surface area (Å²) in [7, 11) is 0. The first-order chi connectivity index (χ1) is 10.00. The molecule has 0 fully saturated rings. The smallest absolute Gasteiger partial charge is 0.0485 e. The highest BCUT2D eigenvalue weighted by Gasteiger charge is 2.19. The first-order valence-corrected chi connectivity index (χ1v) is 8.36. The summed E-state index contributed by atoms with van der Waals surface area (Å²) < 4.78 is 0. The molecule has 2 heteroatoms. The van der Waals surface area contributed by atoms with Gasteiger partial charge in [0.2, 0.25) is 0 Å². The monoisotopic (exact) mass is 334 g/mol. The second-order valence-corrected chi connectivity index (χ2v) is 8.70. The van der Waals surface area contributed by atoms with Gasteiger partial charge in [-0.15, -0.1) is 0 Å². The van der Waals surface area contributed by atoms with Crippen molar-refractivity contribution >= 4 is 23.2 Å². The van der Waals surface area contributed by atoms with Crippen LogP contribution < -0.4 is 0 Å². The molecule has 0 amide bonds. The molecule has 0 saturated heterocycles. The van der Waals surface area contributed by atoms with Crippen molar-refractivity contribution in [2.45, 2.75) is 52.4 Å². The Morgan fingerprint density at radius 1 is 0.591 bits per heavy atom. The Kier molecular flexibility index (Phi) is 4.66. The molecular weight excluding hydrogens is 311 g/mol. The molecule has 0 aliphatic heterocycles. The maximum Gasteiger partial charge on any atom is 0.0485 e. The molecule has 0 unspecified atom stereocenters. The number of benzene rings is 2. The van der Waals surface area contributed by atoms with Gasteiger partial charge >= 0.3 is 0 Å². The van der Waals surface area contributed by atoms with Gasteiger partial charge in [-0.25, -0.2) is 0 Å². The van der Waals surface area contributed by atoms with E-state index in [0.29, 0.717) is 0 Å². The fraction of sp³-hybridized carbons (Fsp3) is 0.400. The summed E-state index contributed by atoms with van der Waals surface area (Å²) in [4.78, 5) is 0. The summed E-state index contributed by atoms with van der Waals surface area (Å²) in [6.45, 7) is 13.2. The van der Waals surface area contributed by atoms with Crippen LogP contribution in [0.25, 0.3) is 11.1 Å². The van der Waals surface area contributed by atoms with Crippen molar-refractivity contribution in [3.63, 3.8) is 0 Å². The van der Waals surface area contributed by atoms with Crippen molar-refractivity contribution in [1.82, 2.24) is 0 Å². The zero-order valence-electron chi connectivity index (χ0n) is 14.2. The second-order valence-electron chi connectivity index (χ2n) is 7.89. The number of hydrogen-bond acceptors (Lipinski definition) is 0. The van der Waals surface area contributed by atoms with E-state index in [9.17, 15) is 0 Å². The molecule has 0 aliphatic rings. The van der Waals surface area contributed by atoms with Gasteiger partial charge in [0.15, 0.2) is 0 Å². The Hall–Kier alpha value is -0.980. The van der Waals surface area contributed by atoms with Gasteiger partial charge in [-0.05, 0) is 46.2 Å². The van der Waals surface area contributed by atoms with Crippen LogP contribution in [0.2, 0.25) is 10.0 Å². The summed E-state index contributed by atoms with van der Waals surface area (Å²) in [5.41, 5.74) is 4.67. The lowest BCUT2D eigenvalue weighted by atomic mass is 9.83. The van der Waals surface area contributed by atoms with Crippen LogP contribution in [0.5, 0.6) is 0 Å². The predicted molar refractivity (Wildman–Crippen MR) is 99.3 cm³/mol. The topological polar surface area (TPSA) is 0 Å². The number of hydrogen-bond donors (Lipinski definition) is 0. The minimum absolute atomic E-state index is 0.0768. The van der Waals surface area contributed by atoms with Gasteiger partial charge in [0.05, 0.1) is 0 Å². The molecule has 0 aliphatic carbocycles. The van der Waals surface area contributed by atoms with Crippen LogP contribution in [-0.2, 0) is 10.8 Å². The van der Waals surface area contributed by atoms with E-state index in [1.165, 1.54) is 11.1 Å². The van der Waals surface area contributed by atoms with E-state index in [2.05, 4.69) is 65.8 Å². The van der Waals surface area contributed by atoms with Crippen LogP contribution in [0.15, 0.2) is 36.4 Å². The van der Waals surface area contributed by atoms with E-state index in [-0.39, 0.29) is 10.8 Å². The first kappa shape index (κ1) is 17.4. The highest BCUT2D eigenvalue weighted by Crippen LogP contribution is 2.38. The average molecular weight is 335 g/mol. The Bertz CT molecular complexity index is 624. The van der Waals surface area contributed by atoms with E-state index in [4.69, 9.17) is 23.2 Å². The van der Waals surface area contributed by atoms with Gasteiger partial charge in [0, 0.05) is 21.2 Å². The molecule has 2 rings (SSSR count). The summed E-state index contributed by atoms with van der Waals surface area (Å²) >= 11 is 12.9. The minimum atomic E-state index is 0.0768. The Morgan fingerprint density at radius 3 is 1.18 bits per heavy atom. The summed E-state index contributed by atoms with van der Waals surface area (Å²) in [5.74, 6) is 0. The van der Waals surface area contributed by atoms with Crippen molar-refractivity contribution in [1.29, 1.82) is 0 Å². The standard InChI is InChI=1S/C20H24Cl2/c1-19(2,3)13-7-9-17(21)15(11-13)16-12-14(20(4,5)6)8-10-18(16)22/h7-12H,1-6H3. The SMILES string of the molecule is CC(C)(C)c1ccc(Cl)c(-c2cc(C(C)(C)C)ccc2Cl)c1. The molecule has 118 valence electrons. The summed E-state index contributed by atoms with van der Waals surface area (Å²) in [5, 5.41) is 1.47. The lowest BCUT2D eigenvalue weighted by Gasteiger charge is -2.23. The van der Waals surface area contributed by atoms with E-state index >= 15 is 0 Å². The maximum absolute atomic E-state index is 6.46. The molecule has 0 nitrogen and oxygen atoms in total. The first-order valence-electron chi connectivity index (χ1n) is 7.60. The minimum Gasteiger partial charge on any atom is -0.0837 e. The quantitative estimate of drug-likeness (QED) is 0.514. The zero-order valence-corrected chi connectivity index (χ0v) is 15.7. The maximum atomic E-state index is 6.46. The molecule has 22 heavy (non-hydrogen) atoms. The third kappa shape index (κ3) is 3.67. The molecule has 2 aromatic rings. The highest BCUT2D eigenvalue weighted by molar-refractivity contribution is 6.36.